The van der Waals surface area contributed by atoms with Crippen molar-refractivity contribution in [2.45, 2.75) is 20.0 Å². The van der Waals surface area contributed by atoms with E-state index in [1.54, 1.807) is 31.2 Å². The van der Waals surface area contributed by atoms with Crippen LogP contribution in [0.25, 0.3) is 0 Å². The summed E-state index contributed by atoms with van der Waals surface area (Å²) in [5, 5.41) is 3.24. The normalized spacial score (nSPS) is 11.4. The van der Waals surface area contributed by atoms with E-state index >= 15 is 0 Å². The lowest BCUT2D eigenvalue weighted by atomic mass is 10.2. The van der Waals surface area contributed by atoms with Crippen LogP contribution in [0.4, 0.5) is 5.69 Å². The van der Waals surface area contributed by atoms with E-state index in [-0.39, 0.29) is 5.56 Å². The predicted octanol–water partition coefficient (Wildman–Crippen LogP) is 3.85. The highest BCUT2D eigenvalue weighted by Crippen LogP contribution is 2.28. The third-order valence-electron chi connectivity index (χ3n) is 3.80. The highest BCUT2D eigenvalue weighted by Gasteiger charge is 2.21. The molecule has 0 aliphatic heterocycles. The minimum atomic E-state index is -0.992. The van der Waals surface area contributed by atoms with Gasteiger partial charge >= 0.3 is 5.97 Å². The Morgan fingerprint density at radius 3 is 2.42 bits per heavy atom. The molecule has 2 aromatic rings. The van der Waals surface area contributed by atoms with E-state index in [0.717, 1.165) is 5.56 Å². The van der Waals surface area contributed by atoms with Crippen molar-refractivity contribution in [1.29, 1.82) is 0 Å². The molecule has 0 heterocycles. The van der Waals surface area contributed by atoms with E-state index in [0.29, 0.717) is 22.2 Å². The van der Waals surface area contributed by atoms with Crippen molar-refractivity contribution < 1.29 is 23.8 Å². The first-order valence-electron chi connectivity index (χ1n) is 7.86. The van der Waals surface area contributed by atoms with Crippen LogP contribution in [0.1, 0.15) is 22.8 Å². The minimum absolute atomic E-state index is 0.251. The predicted molar refractivity (Wildman–Crippen MR) is 99.2 cm³/mol. The Kier molecular flexibility index (Phi) is 6.46. The number of ether oxygens (including phenoxy) is 3. The van der Waals surface area contributed by atoms with Gasteiger partial charge in [0.05, 0.1) is 19.8 Å². The van der Waals surface area contributed by atoms with Crippen molar-refractivity contribution in [2.75, 3.05) is 19.5 Å². The summed E-state index contributed by atoms with van der Waals surface area (Å²) in [7, 11) is 2.97. The Labute approximate surface area is 157 Å². The summed E-state index contributed by atoms with van der Waals surface area (Å²) in [4.78, 5) is 24.6. The molecular formula is C19H20ClNO5. The topological polar surface area (TPSA) is 73.9 Å². The van der Waals surface area contributed by atoms with Crippen molar-refractivity contribution >= 4 is 29.2 Å². The Morgan fingerprint density at radius 1 is 1.08 bits per heavy atom. The zero-order chi connectivity index (χ0) is 19.3. The number of esters is 1. The number of hydrogen-bond donors (Lipinski definition) is 1. The quantitative estimate of drug-likeness (QED) is 0.774. The van der Waals surface area contributed by atoms with E-state index in [1.165, 1.54) is 33.3 Å². The van der Waals surface area contributed by atoms with Gasteiger partial charge in [-0.15, -0.1) is 0 Å². The molecule has 0 radical (unpaired) electrons. The van der Waals surface area contributed by atoms with Gasteiger partial charge in [0.25, 0.3) is 5.91 Å². The number of nitrogens with one attached hydrogen (secondary N) is 1. The van der Waals surface area contributed by atoms with Crippen LogP contribution < -0.4 is 14.8 Å². The van der Waals surface area contributed by atoms with E-state index in [2.05, 4.69) is 5.32 Å². The number of rotatable bonds is 6. The molecule has 1 amide bonds. The van der Waals surface area contributed by atoms with Crippen molar-refractivity contribution in [2.24, 2.45) is 0 Å². The molecule has 2 aromatic carbocycles. The zero-order valence-corrected chi connectivity index (χ0v) is 15.7. The molecule has 0 aliphatic carbocycles. The summed E-state index contributed by atoms with van der Waals surface area (Å²) in [6.07, 6.45) is -0.992. The summed E-state index contributed by atoms with van der Waals surface area (Å²) in [5.41, 5.74) is 1.55. The molecule has 0 aromatic heterocycles. The fourth-order valence-electron chi connectivity index (χ4n) is 2.22. The van der Waals surface area contributed by atoms with E-state index in [9.17, 15) is 9.59 Å². The summed E-state index contributed by atoms with van der Waals surface area (Å²) < 4.78 is 15.5. The molecular weight excluding hydrogens is 358 g/mol. The Hall–Kier alpha value is -2.73. The molecule has 0 aliphatic rings. The molecule has 1 atom stereocenters. The first kappa shape index (κ1) is 19.6. The number of hydrogen-bond acceptors (Lipinski definition) is 5. The van der Waals surface area contributed by atoms with Gasteiger partial charge in [-0.25, -0.2) is 4.79 Å². The van der Waals surface area contributed by atoms with Gasteiger partial charge in [0.1, 0.15) is 0 Å². The molecule has 0 saturated carbocycles. The maximum Gasteiger partial charge on any atom is 0.339 e. The van der Waals surface area contributed by atoms with Crippen LogP contribution in [0.5, 0.6) is 11.5 Å². The van der Waals surface area contributed by atoms with Gasteiger partial charge in [0.15, 0.2) is 17.6 Å². The summed E-state index contributed by atoms with van der Waals surface area (Å²) >= 11 is 6.04. The summed E-state index contributed by atoms with van der Waals surface area (Å²) in [6, 6.07) is 9.80. The number of halogens is 1. The largest absolute Gasteiger partial charge is 0.493 e. The lowest BCUT2D eigenvalue weighted by molar-refractivity contribution is -0.123. The van der Waals surface area contributed by atoms with Crippen LogP contribution in [-0.4, -0.2) is 32.2 Å². The molecule has 26 heavy (non-hydrogen) atoms. The van der Waals surface area contributed by atoms with Crippen molar-refractivity contribution in [3.8, 4) is 11.5 Å². The molecule has 1 unspecified atom stereocenters. The van der Waals surface area contributed by atoms with E-state index in [4.69, 9.17) is 25.8 Å². The van der Waals surface area contributed by atoms with Gasteiger partial charge in [-0.05, 0) is 49.7 Å². The number of benzene rings is 2. The molecule has 7 heteroatoms. The number of carbonyl (C=O) groups excluding carboxylic acids is 2. The molecule has 0 bridgehead atoms. The average Bonchev–Trinajstić information content (AvgIpc) is 2.64. The lowest BCUT2D eigenvalue weighted by Crippen LogP contribution is -2.30. The Balaban J connectivity index is 2.06. The highest BCUT2D eigenvalue weighted by atomic mass is 35.5. The van der Waals surface area contributed by atoms with Crippen LogP contribution in [0.2, 0.25) is 5.02 Å². The first-order valence-corrected chi connectivity index (χ1v) is 8.24. The van der Waals surface area contributed by atoms with Crippen LogP contribution in [0.15, 0.2) is 36.4 Å². The number of carbonyl (C=O) groups is 2. The second kappa shape index (κ2) is 8.58. The van der Waals surface area contributed by atoms with Crippen molar-refractivity contribution in [3.05, 3.63) is 52.5 Å². The summed E-state index contributed by atoms with van der Waals surface area (Å²) in [5.74, 6) is -0.208. The molecule has 2 rings (SSSR count). The van der Waals surface area contributed by atoms with Gasteiger partial charge in [0, 0.05) is 10.7 Å². The van der Waals surface area contributed by atoms with Crippen LogP contribution in [0, 0.1) is 6.92 Å². The van der Waals surface area contributed by atoms with Crippen LogP contribution in [-0.2, 0) is 9.53 Å². The summed E-state index contributed by atoms with van der Waals surface area (Å²) in [6.45, 7) is 3.28. The van der Waals surface area contributed by atoms with Gasteiger partial charge in [0.2, 0.25) is 0 Å². The van der Waals surface area contributed by atoms with Gasteiger partial charge in [-0.2, -0.15) is 0 Å². The maximum absolute atomic E-state index is 12.3. The number of anilines is 1. The molecule has 0 fully saturated rings. The molecule has 1 N–H and O–H groups in total. The fraction of sp³-hybridized carbons (Fsp3) is 0.263. The molecule has 0 saturated heterocycles. The lowest BCUT2D eigenvalue weighted by Gasteiger charge is -2.15. The van der Waals surface area contributed by atoms with Gasteiger partial charge in [-0.3, -0.25) is 4.79 Å². The molecule has 0 spiro atoms. The van der Waals surface area contributed by atoms with Crippen LogP contribution >= 0.6 is 11.6 Å². The number of amides is 1. The second-order valence-electron chi connectivity index (χ2n) is 5.52. The maximum atomic E-state index is 12.3. The first-order chi connectivity index (χ1) is 12.4. The second-order valence-corrected chi connectivity index (χ2v) is 5.93. The molecule has 138 valence electrons. The van der Waals surface area contributed by atoms with E-state index in [1.807, 2.05) is 0 Å². The SMILES string of the molecule is COc1ccc(C(=O)OC(C)C(=O)Nc2cccc(Cl)c2C)cc1OC. The zero-order valence-electron chi connectivity index (χ0n) is 15.0. The Bertz CT molecular complexity index is 822. The van der Waals surface area contributed by atoms with Gasteiger partial charge < -0.3 is 19.5 Å². The van der Waals surface area contributed by atoms with E-state index < -0.39 is 18.0 Å². The number of methoxy groups -OCH3 is 2. The van der Waals surface area contributed by atoms with Crippen molar-refractivity contribution in [3.63, 3.8) is 0 Å². The smallest absolute Gasteiger partial charge is 0.339 e. The highest BCUT2D eigenvalue weighted by molar-refractivity contribution is 6.31. The third kappa shape index (κ3) is 4.46. The standard InChI is InChI=1S/C19H20ClNO5/c1-11-14(20)6-5-7-15(11)21-18(22)12(2)26-19(23)13-8-9-16(24-3)17(10-13)25-4/h5-10,12H,1-4H3,(H,21,22). The van der Waals surface area contributed by atoms with Crippen LogP contribution in [0.3, 0.4) is 0 Å². The van der Waals surface area contributed by atoms with Gasteiger partial charge in [-0.1, -0.05) is 17.7 Å². The monoisotopic (exact) mass is 377 g/mol. The fourth-order valence-corrected chi connectivity index (χ4v) is 2.40. The third-order valence-corrected chi connectivity index (χ3v) is 4.21. The molecule has 6 nitrogen and oxygen atoms in total. The average molecular weight is 378 g/mol. The minimum Gasteiger partial charge on any atom is -0.493 e. The Morgan fingerprint density at radius 2 is 1.77 bits per heavy atom. The van der Waals surface area contributed by atoms with Crippen molar-refractivity contribution in [1.82, 2.24) is 0 Å².